The van der Waals surface area contributed by atoms with E-state index in [0.29, 0.717) is 5.69 Å². The van der Waals surface area contributed by atoms with Gasteiger partial charge in [-0.25, -0.2) is 18.4 Å². The second-order valence-corrected chi connectivity index (χ2v) is 5.81. The first-order valence-corrected chi connectivity index (χ1v) is 7.33. The molecule has 1 aromatic heterocycles. The summed E-state index contributed by atoms with van der Waals surface area (Å²) in [5.74, 6) is -1.27. The molecule has 112 valence electrons. The van der Waals surface area contributed by atoms with Crippen molar-refractivity contribution in [2.45, 2.75) is 11.5 Å². The Labute approximate surface area is 120 Å². The zero-order valence-corrected chi connectivity index (χ0v) is 11.9. The molecule has 0 bridgehead atoms. The van der Waals surface area contributed by atoms with Crippen molar-refractivity contribution in [2.24, 2.45) is 12.2 Å². The Hall–Kier alpha value is -2.39. The molecule has 0 unspecified atom stereocenters. The lowest BCUT2D eigenvalue weighted by Crippen LogP contribution is -2.15. The topological polar surface area (TPSA) is 125 Å². The molecule has 0 aliphatic rings. The second kappa shape index (κ2) is 5.54. The second-order valence-electron chi connectivity index (χ2n) is 4.28. The number of carboxylic acid groups (broad SMARTS) is 1. The summed E-state index contributed by atoms with van der Waals surface area (Å²) in [6.45, 7) is 0.0375. The molecule has 2 aromatic rings. The monoisotopic (exact) mass is 311 g/mol. The van der Waals surface area contributed by atoms with E-state index in [1.54, 1.807) is 24.0 Å². The number of hydrogen-bond donors (Lipinski definition) is 2. The number of hydrogen-bond acceptors (Lipinski definition) is 5. The van der Waals surface area contributed by atoms with Gasteiger partial charge in [-0.2, -0.15) is 5.10 Å². The summed E-state index contributed by atoms with van der Waals surface area (Å²) in [5, 5.41) is 18.0. The molecule has 1 heterocycles. The third kappa shape index (κ3) is 3.58. The number of primary sulfonamides is 1. The van der Waals surface area contributed by atoms with Crippen LogP contribution in [0.2, 0.25) is 0 Å². The van der Waals surface area contributed by atoms with Crippen LogP contribution in [0, 0.1) is 0 Å². The first-order valence-electron chi connectivity index (χ1n) is 5.79. The molecule has 0 radical (unpaired) electrons. The van der Waals surface area contributed by atoms with Crippen molar-refractivity contribution >= 4 is 16.0 Å². The Balaban J connectivity index is 2.32. The zero-order valence-electron chi connectivity index (χ0n) is 11.1. The van der Waals surface area contributed by atoms with Gasteiger partial charge < -0.3 is 9.84 Å². The third-order valence-electron chi connectivity index (χ3n) is 2.64. The molecule has 0 atom stereocenters. The minimum Gasteiger partial charge on any atom is -0.486 e. The highest BCUT2D eigenvalue weighted by atomic mass is 32.2. The van der Waals surface area contributed by atoms with Gasteiger partial charge in [0.15, 0.2) is 0 Å². The Morgan fingerprint density at radius 2 is 2.14 bits per heavy atom. The molecule has 0 fully saturated rings. The van der Waals surface area contributed by atoms with Crippen LogP contribution < -0.4 is 9.88 Å². The van der Waals surface area contributed by atoms with Crippen LogP contribution in [0.5, 0.6) is 5.75 Å². The lowest BCUT2D eigenvalue weighted by molar-refractivity contribution is 0.0696. The number of sulfonamides is 1. The van der Waals surface area contributed by atoms with Gasteiger partial charge in [-0.05, 0) is 24.3 Å². The van der Waals surface area contributed by atoms with E-state index in [-0.39, 0.29) is 22.8 Å². The lowest BCUT2D eigenvalue weighted by Gasteiger charge is -2.10. The first-order chi connectivity index (χ1) is 9.77. The average Bonchev–Trinajstić information content (AvgIpc) is 2.81. The summed E-state index contributed by atoms with van der Waals surface area (Å²) in [6.07, 6.45) is 1.72. The molecule has 9 heteroatoms. The summed E-state index contributed by atoms with van der Waals surface area (Å²) in [6, 6.07) is 5.17. The largest absolute Gasteiger partial charge is 0.486 e. The third-order valence-corrected chi connectivity index (χ3v) is 3.57. The number of ether oxygens (including phenoxy) is 1. The van der Waals surface area contributed by atoms with Gasteiger partial charge >= 0.3 is 5.97 Å². The van der Waals surface area contributed by atoms with E-state index >= 15 is 0 Å². The van der Waals surface area contributed by atoms with Gasteiger partial charge in [-0.1, -0.05) is 0 Å². The van der Waals surface area contributed by atoms with E-state index in [9.17, 15) is 13.2 Å². The van der Waals surface area contributed by atoms with Gasteiger partial charge in [-0.15, -0.1) is 0 Å². The highest BCUT2D eigenvalue weighted by Crippen LogP contribution is 2.25. The number of carboxylic acids is 1. The molecule has 0 aliphatic carbocycles. The van der Waals surface area contributed by atoms with Crippen LogP contribution in [0.25, 0.3) is 0 Å². The number of rotatable bonds is 5. The maximum Gasteiger partial charge on any atom is 0.335 e. The van der Waals surface area contributed by atoms with Crippen molar-refractivity contribution in [3.63, 3.8) is 0 Å². The van der Waals surface area contributed by atoms with Crippen molar-refractivity contribution < 1.29 is 23.1 Å². The first kappa shape index (κ1) is 15.0. The van der Waals surface area contributed by atoms with E-state index in [1.807, 2.05) is 0 Å². The fraction of sp³-hybridized carbons (Fsp3) is 0.167. The zero-order chi connectivity index (χ0) is 15.6. The number of aromatic carboxylic acids is 1. The van der Waals surface area contributed by atoms with Crippen molar-refractivity contribution in [1.29, 1.82) is 0 Å². The van der Waals surface area contributed by atoms with Crippen molar-refractivity contribution in [2.75, 3.05) is 0 Å². The molecule has 1 aromatic carbocycles. The molecular formula is C12H13N3O5S. The van der Waals surface area contributed by atoms with E-state index in [4.69, 9.17) is 15.0 Å². The van der Waals surface area contributed by atoms with Crippen molar-refractivity contribution in [3.05, 3.63) is 41.7 Å². The summed E-state index contributed by atoms with van der Waals surface area (Å²) in [4.78, 5) is 10.5. The number of benzene rings is 1. The molecule has 2 rings (SSSR count). The molecule has 0 amide bonds. The number of aromatic nitrogens is 2. The SMILES string of the molecule is Cn1ccc(COc2ccc(C(=O)O)cc2S(N)(=O)=O)n1. The predicted octanol–water partition coefficient (Wildman–Crippen LogP) is 0.345. The van der Waals surface area contributed by atoms with Crippen LogP contribution >= 0.6 is 0 Å². The Morgan fingerprint density at radius 3 is 2.67 bits per heavy atom. The number of nitrogens with two attached hydrogens (primary N) is 1. The number of nitrogens with zero attached hydrogens (tertiary/aromatic N) is 2. The van der Waals surface area contributed by atoms with E-state index < -0.39 is 16.0 Å². The normalized spacial score (nSPS) is 11.3. The molecular weight excluding hydrogens is 298 g/mol. The lowest BCUT2D eigenvalue weighted by atomic mass is 10.2. The minimum atomic E-state index is -4.10. The summed E-state index contributed by atoms with van der Waals surface area (Å²) >= 11 is 0. The summed E-state index contributed by atoms with van der Waals surface area (Å²) in [7, 11) is -2.37. The highest BCUT2D eigenvalue weighted by molar-refractivity contribution is 7.89. The maximum atomic E-state index is 11.5. The van der Waals surface area contributed by atoms with Crippen molar-refractivity contribution in [3.8, 4) is 5.75 Å². The maximum absolute atomic E-state index is 11.5. The quantitative estimate of drug-likeness (QED) is 0.820. The van der Waals surface area contributed by atoms with Gasteiger partial charge in [0.05, 0.1) is 11.3 Å². The van der Waals surface area contributed by atoms with Crippen LogP contribution in [0.3, 0.4) is 0 Å². The van der Waals surface area contributed by atoms with E-state index in [0.717, 1.165) is 6.07 Å². The minimum absolute atomic E-state index is 0.0202. The van der Waals surface area contributed by atoms with Crippen LogP contribution in [-0.4, -0.2) is 29.3 Å². The molecule has 0 saturated carbocycles. The predicted molar refractivity (Wildman–Crippen MR) is 72.3 cm³/mol. The Morgan fingerprint density at radius 1 is 1.43 bits per heavy atom. The summed E-state index contributed by atoms with van der Waals surface area (Å²) < 4.78 is 30.0. The van der Waals surface area contributed by atoms with E-state index in [2.05, 4.69) is 5.10 Å². The number of carbonyl (C=O) groups is 1. The van der Waals surface area contributed by atoms with Gasteiger partial charge in [0.1, 0.15) is 17.3 Å². The Kier molecular flexibility index (Phi) is 3.96. The van der Waals surface area contributed by atoms with Gasteiger partial charge in [0.25, 0.3) is 0 Å². The molecule has 0 spiro atoms. The summed E-state index contributed by atoms with van der Waals surface area (Å²) in [5.41, 5.74) is 0.407. The van der Waals surface area contributed by atoms with Gasteiger partial charge in [0.2, 0.25) is 10.0 Å². The molecule has 21 heavy (non-hydrogen) atoms. The average molecular weight is 311 g/mol. The molecule has 0 saturated heterocycles. The smallest absolute Gasteiger partial charge is 0.335 e. The van der Waals surface area contributed by atoms with Crippen LogP contribution in [0.1, 0.15) is 16.1 Å². The fourth-order valence-corrected chi connectivity index (χ4v) is 2.37. The van der Waals surface area contributed by atoms with Gasteiger partial charge in [-0.3, -0.25) is 4.68 Å². The van der Waals surface area contributed by atoms with Crippen molar-refractivity contribution in [1.82, 2.24) is 9.78 Å². The molecule has 0 aliphatic heterocycles. The highest BCUT2D eigenvalue weighted by Gasteiger charge is 2.18. The van der Waals surface area contributed by atoms with Crippen LogP contribution in [0.4, 0.5) is 0 Å². The molecule has 3 N–H and O–H groups in total. The number of aryl methyl sites for hydroxylation is 1. The van der Waals surface area contributed by atoms with Gasteiger partial charge in [0, 0.05) is 13.2 Å². The standard InChI is InChI=1S/C12H13N3O5S/c1-15-5-4-9(14-15)7-20-10-3-2-8(12(16)17)6-11(10)21(13,18)19/h2-6H,7H2,1H3,(H,16,17)(H2,13,18,19). The van der Waals surface area contributed by atoms with E-state index in [1.165, 1.54) is 12.1 Å². The van der Waals surface area contributed by atoms with Crippen LogP contribution in [0.15, 0.2) is 35.4 Å². The van der Waals surface area contributed by atoms with Crippen LogP contribution in [-0.2, 0) is 23.7 Å². The molecule has 8 nitrogen and oxygen atoms in total. The Bertz CT molecular complexity index is 782. The fourth-order valence-electron chi connectivity index (χ4n) is 1.67.